The van der Waals surface area contributed by atoms with E-state index in [0.29, 0.717) is 12.2 Å². The number of carbonyl (C=O) groups excluding carboxylic acids is 1. The molecule has 2 N–H and O–H groups in total. The lowest BCUT2D eigenvalue weighted by molar-refractivity contribution is 0.0730. The Kier molecular flexibility index (Phi) is 4.14. The first-order valence-corrected chi connectivity index (χ1v) is 8.59. The molecule has 0 aliphatic carbocycles. The molecule has 3 heterocycles. The van der Waals surface area contributed by atoms with Crippen LogP contribution >= 0.6 is 22.7 Å². The zero-order valence-corrected chi connectivity index (χ0v) is 12.8. The van der Waals surface area contributed by atoms with Gasteiger partial charge in [-0.1, -0.05) is 0 Å². The van der Waals surface area contributed by atoms with Gasteiger partial charge in [0.25, 0.3) is 5.91 Å². The van der Waals surface area contributed by atoms with Crippen molar-refractivity contribution in [2.45, 2.75) is 25.3 Å². The molecule has 1 fully saturated rings. The Morgan fingerprint density at radius 3 is 3.15 bits per heavy atom. The Morgan fingerprint density at radius 1 is 1.50 bits per heavy atom. The van der Waals surface area contributed by atoms with Gasteiger partial charge in [0, 0.05) is 18.3 Å². The molecule has 0 bridgehead atoms. The molecule has 1 amide bonds. The molecule has 1 aliphatic rings. The fourth-order valence-electron chi connectivity index (χ4n) is 2.62. The van der Waals surface area contributed by atoms with Gasteiger partial charge in [0.2, 0.25) is 0 Å². The van der Waals surface area contributed by atoms with E-state index < -0.39 is 0 Å². The summed E-state index contributed by atoms with van der Waals surface area (Å²) in [4.78, 5) is 19.0. The summed E-state index contributed by atoms with van der Waals surface area (Å²) in [5.41, 5.74) is 7.35. The molecule has 0 spiro atoms. The first-order chi connectivity index (χ1) is 9.79. The van der Waals surface area contributed by atoms with Crippen molar-refractivity contribution < 1.29 is 4.79 Å². The Labute approximate surface area is 126 Å². The standard InChI is InChI=1S/C14H17N3OS2/c15-5-3-13-16-11(9-20-13)14(18)17-6-1-2-12(17)10-4-7-19-8-10/h4,7-9,12H,1-3,5-6,15H2. The lowest BCUT2D eigenvalue weighted by atomic mass is 10.1. The Hall–Kier alpha value is -1.24. The summed E-state index contributed by atoms with van der Waals surface area (Å²) >= 11 is 3.20. The highest BCUT2D eigenvalue weighted by atomic mass is 32.1. The average molecular weight is 307 g/mol. The minimum atomic E-state index is 0.0539. The molecule has 106 valence electrons. The van der Waals surface area contributed by atoms with Crippen LogP contribution in [0.15, 0.2) is 22.2 Å². The molecule has 1 atom stereocenters. The van der Waals surface area contributed by atoms with Crippen molar-refractivity contribution in [3.63, 3.8) is 0 Å². The summed E-state index contributed by atoms with van der Waals surface area (Å²) < 4.78 is 0. The molecular formula is C14H17N3OS2. The summed E-state index contributed by atoms with van der Waals surface area (Å²) in [6.07, 6.45) is 2.85. The number of thiophene rings is 1. The van der Waals surface area contributed by atoms with Crippen molar-refractivity contribution in [3.05, 3.63) is 38.5 Å². The summed E-state index contributed by atoms with van der Waals surface area (Å²) in [7, 11) is 0. The third-order valence-electron chi connectivity index (χ3n) is 3.57. The van der Waals surface area contributed by atoms with Gasteiger partial charge in [-0.3, -0.25) is 4.79 Å². The monoisotopic (exact) mass is 307 g/mol. The SMILES string of the molecule is NCCc1nc(C(=O)N2CCCC2c2ccsc2)cs1. The topological polar surface area (TPSA) is 59.2 Å². The number of nitrogens with zero attached hydrogens (tertiary/aromatic N) is 2. The Bertz CT molecular complexity index is 579. The van der Waals surface area contributed by atoms with Gasteiger partial charge in [-0.25, -0.2) is 4.98 Å². The predicted molar refractivity (Wildman–Crippen MR) is 82.2 cm³/mol. The number of hydrogen-bond acceptors (Lipinski definition) is 5. The molecule has 2 aromatic rings. The Balaban J connectivity index is 1.78. The van der Waals surface area contributed by atoms with E-state index in [-0.39, 0.29) is 11.9 Å². The van der Waals surface area contributed by atoms with Gasteiger partial charge in [-0.05, 0) is 41.8 Å². The first-order valence-electron chi connectivity index (χ1n) is 6.77. The number of nitrogens with two attached hydrogens (primary N) is 1. The van der Waals surface area contributed by atoms with E-state index in [4.69, 9.17) is 5.73 Å². The van der Waals surface area contributed by atoms with Crippen LogP contribution in [-0.4, -0.2) is 28.9 Å². The van der Waals surface area contributed by atoms with Crippen LogP contribution in [0.3, 0.4) is 0 Å². The van der Waals surface area contributed by atoms with Crippen LogP contribution in [-0.2, 0) is 6.42 Å². The highest BCUT2D eigenvalue weighted by molar-refractivity contribution is 7.09. The highest BCUT2D eigenvalue weighted by Crippen LogP contribution is 2.34. The van der Waals surface area contributed by atoms with Gasteiger partial charge in [0.05, 0.1) is 11.0 Å². The molecule has 3 rings (SSSR count). The Morgan fingerprint density at radius 2 is 2.40 bits per heavy atom. The number of aromatic nitrogens is 1. The van der Waals surface area contributed by atoms with Crippen LogP contribution in [0.4, 0.5) is 0 Å². The van der Waals surface area contributed by atoms with Crippen LogP contribution < -0.4 is 5.73 Å². The van der Waals surface area contributed by atoms with Crippen molar-refractivity contribution in [2.75, 3.05) is 13.1 Å². The zero-order chi connectivity index (χ0) is 13.9. The third-order valence-corrected chi connectivity index (χ3v) is 5.18. The molecular weight excluding hydrogens is 290 g/mol. The van der Waals surface area contributed by atoms with E-state index in [2.05, 4.69) is 21.8 Å². The van der Waals surface area contributed by atoms with Crippen molar-refractivity contribution in [3.8, 4) is 0 Å². The van der Waals surface area contributed by atoms with Crippen LogP contribution in [0.5, 0.6) is 0 Å². The second-order valence-electron chi connectivity index (χ2n) is 4.88. The van der Waals surface area contributed by atoms with Gasteiger partial charge < -0.3 is 10.6 Å². The van der Waals surface area contributed by atoms with E-state index in [9.17, 15) is 4.79 Å². The largest absolute Gasteiger partial charge is 0.330 e. The van der Waals surface area contributed by atoms with Gasteiger partial charge in [0.15, 0.2) is 0 Å². The molecule has 0 saturated carbocycles. The molecule has 2 aromatic heterocycles. The minimum Gasteiger partial charge on any atom is -0.330 e. The molecule has 20 heavy (non-hydrogen) atoms. The normalized spacial score (nSPS) is 18.6. The molecule has 0 aromatic carbocycles. The molecule has 1 saturated heterocycles. The third kappa shape index (κ3) is 2.63. The molecule has 1 unspecified atom stereocenters. The summed E-state index contributed by atoms with van der Waals surface area (Å²) in [5.74, 6) is 0.0539. The minimum absolute atomic E-state index is 0.0539. The quantitative estimate of drug-likeness (QED) is 0.944. The number of rotatable bonds is 4. The van der Waals surface area contributed by atoms with Gasteiger partial charge in [0.1, 0.15) is 5.69 Å². The van der Waals surface area contributed by atoms with Crippen LogP contribution in [0.25, 0.3) is 0 Å². The number of amides is 1. The second-order valence-corrected chi connectivity index (χ2v) is 6.60. The lowest BCUT2D eigenvalue weighted by Crippen LogP contribution is -2.30. The van der Waals surface area contributed by atoms with Crippen LogP contribution in [0.2, 0.25) is 0 Å². The highest BCUT2D eigenvalue weighted by Gasteiger charge is 2.31. The first kappa shape index (κ1) is 13.7. The average Bonchev–Trinajstić information content (AvgIpc) is 3.19. The fourth-order valence-corrected chi connectivity index (χ4v) is 4.11. The van der Waals surface area contributed by atoms with Gasteiger partial charge in [-0.2, -0.15) is 11.3 Å². The van der Waals surface area contributed by atoms with Gasteiger partial charge >= 0.3 is 0 Å². The van der Waals surface area contributed by atoms with Crippen LogP contribution in [0, 0.1) is 0 Å². The van der Waals surface area contributed by atoms with E-state index in [1.54, 1.807) is 11.3 Å². The molecule has 4 nitrogen and oxygen atoms in total. The maximum atomic E-state index is 12.6. The molecule has 0 radical (unpaired) electrons. The maximum Gasteiger partial charge on any atom is 0.273 e. The molecule has 6 heteroatoms. The van der Waals surface area contributed by atoms with E-state index in [0.717, 1.165) is 30.8 Å². The van der Waals surface area contributed by atoms with E-state index >= 15 is 0 Å². The van der Waals surface area contributed by atoms with Crippen LogP contribution in [0.1, 0.15) is 39.9 Å². The lowest BCUT2D eigenvalue weighted by Gasteiger charge is -2.23. The fraction of sp³-hybridized carbons (Fsp3) is 0.429. The summed E-state index contributed by atoms with van der Waals surface area (Å²) in [6, 6.07) is 2.33. The smallest absolute Gasteiger partial charge is 0.273 e. The van der Waals surface area contributed by atoms with Crippen molar-refractivity contribution in [2.24, 2.45) is 5.73 Å². The zero-order valence-electron chi connectivity index (χ0n) is 11.1. The van der Waals surface area contributed by atoms with Gasteiger partial charge in [-0.15, -0.1) is 11.3 Å². The van der Waals surface area contributed by atoms with Crippen molar-refractivity contribution in [1.82, 2.24) is 9.88 Å². The summed E-state index contributed by atoms with van der Waals surface area (Å²) in [6.45, 7) is 1.39. The van der Waals surface area contributed by atoms with Crippen molar-refractivity contribution in [1.29, 1.82) is 0 Å². The summed E-state index contributed by atoms with van der Waals surface area (Å²) in [5, 5.41) is 7.01. The van der Waals surface area contributed by atoms with Crippen molar-refractivity contribution >= 4 is 28.6 Å². The second kappa shape index (κ2) is 6.03. The van der Waals surface area contributed by atoms with E-state index in [1.807, 2.05) is 10.3 Å². The number of hydrogen-bond donors (Lipinski definition) is 1. The predicted octanol–water partition coefficient (Wildman–Crippen LogP) is 2.68. The maximum absolute atomic E-state index is 12.6. The number of carbonyl (C=O) groups is 1. The number of thiazole rings is 1. The molecule has 1 aliphatic heterocycles. The van der Waals surface area contributed by atoms with E-state index in [1.165, 1.54) is 16.9 Å². The number of likely N-dealkylation sites (tertiary alicyclic amines) is 1.